The van der Waals surface area contributed by atoms with Crippen LogP contribution in [0.25, 0.3) is 0 Å². The Bertz CT molecular complexity index is 286. The van der Waals surface area contributed by atoms with E-state index in [0.717, 1.165) is 12.1 Å². The first-order valence-electron chi connectivity index (χ1n) is 5.65. The van der Waals surface area contributed by atoms with Crippen LogP contribution in [0.2, 0.25) is 5.02 Å². The minimum atomic E-state index is -4.31. The van der Waals surface area contributed by atoms with Crippen LogP contribution in [0.4, 0.5) is 13.2 Å². The third-order valence-corrected chi connectivity index (χ3v) is 1.59. The summed E-state index contributed by atoms with van der Waals surface area (Å²) in [5, 5.41) is 0.113. The highest BCUT2D eigenvalue weighted by atomic mass is 35.5. The van der Waals surface area contributed by atoms with Crippen molar-refractivity contribution in [3.63, 3.8) is 0 Å². The largest absolute Gasteiger partial charge is 0.416 e. The highest BCUT2D eigenvalue weighted by Gasteiger charge is 2.30. The molecule has 0 aliphatic rings. The first-order chi connectivity index (χ1) is 7.81. The van der Waals surface area contributed by atoms with E-state index >= 15 is 0 Å². The van der Waals surface area contributed by atoms with Crippen molar-refractivity contribution >= 4 is 11.6 Å². The van der Waals surface area contributed by atoms with E-state index in [2.05, 4.69) is 13.8 Å². The lowest BCUT2D eigenvalue weighted by molar-refractivity contribution is -0.137. The number of rotatable bonds is 0. The molecule has 1 rings (SSSR count). The van der Waals surface area contributed by atoms with Crippen molar-refractivity contribution in [1.29, 1.82) is 0 Å². The van der Waals surface area contributed by atoms with Gasteiger partial charge in [0.1, 0.15) is 0 Å². The summed E-state index contributed by atoms with van der Waals surface area (Å²) in [4.78, 5) is 0. The third-order valence-electron chi connectivity index (χ3n) is 1.37. The molecule has 0 bridgehead atoms. The normalized spacial score (nSPS) is 9.71. The average Bonchev–Trinajstić information content (AvgIpc) is 2.19. The Morgan fingerprint density at radius 2 is 1.47 bits per heavy atom. The van der Waals surface area contributed by atoms with Gasteiger partial charge in [0.15, 0.2) is 0 Å². The van der Waals surface area contributed by atoms with Crippen LogP contribution < -0.4 is 0 Å². The second kappa shape index (κ2) is 9.34. The van der Waals surface area contributed by atoms with Gasteiger partial charge in [-0.3, -0.25) is 0 Å². The number of aryl methyl sites for hydroxylation is 1. The van der Waals surface area contributed by atoms with Crippen molar-refractivity contribution in [3.8, 4) is 0 Å². The Balaban J connectivity index is 0. The van der Waals surface area contributed by atoms with E-state index in [-0.39, 0.29) is 5.02 Å². The van der Waals surface area contributed by atoms with Gasteiger partial charge in [0.05, 0.1) is 5.56 Å². The molecule has 0 amide bonds. The van der Waals surface area contributed by atoms with Crippen molar-refractivity contribution in [3.05, 3.63) is 34.3 Å². The lowest BCUT2D eigenvalue weighted by atomic mass is 10.1. The summed E-state index contributed by atoms with van der Waals surface area (Å²) in [6.45, 7) is 9.82. The van der Waals surface area contributed by atoms with Gasteiger partial charge in [-0.2, -0.15) is 13.2 Å². The molecule has 17 heavy (non-hydrogen) atoms. The molecule has 0 N–H and O–H groups in total. The van der Waals surface area contributed by atoms with Gasteiger partial charge in [-0.05, 0) is 30.7 Å². The quantitative estimate of drug-likeness (QED) is 0.532. The summed E-state index contributed by atoms with van der Waals surface area (Å²) in [7, 11) is 0. The first-order valence-corrected chi connectivity index (χ1v) is 6.03. The molecular weight excluding hydrogens is 249 g/mol. The van der Waals surface area contributed by atoms with E-state index in [1.165, 1.54) is 12.5 Å². The van der Waals surface area contributed by atoms with Crippen LogP contribution in [-0.2, 0) is 6.18 Å². The number of halogens is 4. The third kappa shape index (κ3) is 9.04. The minimum absolute atomic E-state index is 0.113. The van der Waals surface area contributed by atoms with Crippen molar-refractivity contribution in [2.75, 3.05) is 0 Å². The molecule has 0 aliphatic heterocycles. The van der Waals surface area contributed by atoms with Crippen LogP contribution in [0.3, 0.4) is 0 Å². The maximum absolute atomic E-state index is 12.1. The summed E-state index contributed by atoms with van der Waals surface area (Å²) in [6.07, 6.45) is -3.06. The van der Waals surface area contributed by atoms with Crippen LogP contribution in [0.5, 0.6) is 0 Å². The Labute approximate surface area is 107 Å². The molecule has 0 aromatic heterocycles. The predicted octanol–water partition coefficient (Wildman–Crippen LogP) is 6.11. The second-order valence-corrected chi connectivity index (χ2v) is 3.66. The molecule has 100 valence electrons. The molecule has 0 aliphatic carbocycles. The molecular formula is C13H20ClF3. The molecule has 1 aromatic carbocycles. The van der Waals surface area contributed by atoms with E-state index in [0.29, 0.717) is 5.56 Å². The molecule has 0 nitrogen and oxygen atoms in total. The van der Waals surface area contributed by atoms with Gasteiger partial charge >= 0.3 is 6.18 Å². The van der Waals surface area contributed by atoms with E-state index < -0.39 is 11.7 Å². The Morgan fingerprint density at radius 1 is 1.06 bits per heavy atom. The van der Waals surface area contributed by atoms with E-state index in [9.17, 15) is 13.2 Å². The summed E-state index contributed by atoms with van der Waals surface area (Å²) >= 11 is 5.46. The van der Waals surface area contributed by atoms with Gasteiger partial charge in [0.2, 0.25) is 0 Å². The summed E-state index contributed by atoms with van der Waals surface area (Å²) < 4.78 is 36.3. The van der Waals surface area contributed by atoms with Crippen LogP contribution in [0, 0.1) is 6.92 Å². The molecule has 0 fully saturated rings. The summed E-state index contributed by atoms with van der Waals surface area (Å²) in [5.74, 6) is 0. The van der Waals surface area contributed by atoms with Crippen LogP contribution in [0.1, 0.15) is 45.2 Å². The predicted molar refractivity (Wildman–Crippen MR) is 68.5 cm³/mol. The Morgan fingerprint density at radius 3 is 1.76 bits per heavy atom. The number of hydrogen-bond acceptors (Lipinski definition) is 0. The van der Waals surface area contributed by atoms with Gasteiger partial charge in [-0.15, -0.1) is 0 Å². The average molecular weight is 269 g/mol. The zero-order valence-corrected chi connectivity index (χ0v) is 11.7. The number of hydrogen-bond donors (Lipinski definition) is 0. The molecule has 0 saturated heterocycles. The fraction of sp³-hybridized carbons (Fsp3) is 0.538. The zero-order chi connectivity index (χ0) is 14.1. The molecule has 4 heteroatoms. The summed E-state index contributed by atoms with van der Waals surface area (Å²) in [6, 6.07) is 3.46. The van der Waals surface area contributed by atoms with Crippen molar-refractivity contribution < 1.29 is 13.2 Å². The zero-order valence-electron chi connectivity index (χ0n) is 11.0. The van der Waals surface area contributed by atoms with E-state index in [1.54, 1.807) is 6.92 Å². The first kappa shape index (κ1) is 18.7. The second-order valence-electron chi connectivity index (χ2n) is 3.22. The minimum Gasteiger partial charge on any atom is -0.166 e. The number of benzene rings is 1. The van der Waals surface area contributed by atoms with Gasteiger partial charge in [0.25, 0.3) is 0 Å². The maximum atomic E-state index is 12.1. The summed E-state index contributed by atoms with van der Waals surface area (Å²) in [5.41, 5.74) is -0.192. The van der Waals surface area contributed by atoms with Gasteiger partial charge in [0, 0.05) is 5.02 Å². The SMILES string of the molecule is CC.CCC.Cc1cc(Cl)cc(C(F)(F)F)c1. The van der Waals surface area contributed by atoms with Crippen molar-refractivity contribution in [2.24, 2.45) is 0 Å². The molecule has 0 saturated carbocycles. The fourth-order valence-electron chi connectivity index (χ4n) is 0.900. The Kier molecular flexibility index (Phi) is 10.3. The van der Waals surface area contributed by atoms with Crippen molar-refractivity contribution in [2.45, 2.75) is 47.2 Å². The monoisotopic (exact) mass is 268 g/mol. The smallest absolute Gasteiger partial charge is 0.166 e. The maximum Gasteiger partial charge on any atom is 0.416 e. The number of alkyl halides is 3. The molecule has 0 unspecified atom stereocenters. The van der Waals surface area contributed by atoms with Gasteiger partial charge < -0.3 is 0 Å². The lowest BCUT2D eigenvalue weighted by Gasteiger charge is -2.07. The van der Waals surface area contributed by atoms with Crippen LogP contribution in [0.15, 0.2) is 18.2 Å². The standard InChI is InChI=1S/C8H6ClF3.C3H8.C2H6/c1-5-2-6(8(10,11)12)4-7(9)3-5;1-3-2;1-2/h2-4H,1H3;3H2,1-2H3;1-2H3. The van der Waals surface area contributed by atoms with Gasteiger partial charge in [-0.1, -0.05) is 45.7 Å². The molecule has 0 spiro atoms. The highest BCUT2D eigenvalue weighted by Crippen LogP contribution is 2.31. The van der Waals surface area contributed by atoms with E-state index in [1.807, 2.05) is 13.8 Å². The Hall–Kier alpha value is -0.700. The van der Waals surface area contributed by atoms with Crippen molar-refractivity contribution in [1.82, 2.24) is 0 Å². The highest BCUT2D eigenvalue weighted by molar-refractivity contribution is 6.30. The topological polar surface area (TPSA) is 0 Å². The molecule has 0 radical (unpaired) electrons. The van der Waals surface area contributed by atoms with Gasteiger partial charge in [-0.25, -0.2) is 0 Å². The van der Waals surface area contributed by atoms with Crippen LogP contribution in [-0.4, -0.2) is 0 Å². The molecule has 0 heterocycles. The lowest BCUT2D eigenvalue weighted by Crippen LogP contribution is -2.04. The van der Waals surface area contributed by atoms with Crippen LogP contribution >= 0.6 is 11.6 Å². The fourth-order valence-corrected chi connectivity index (χ4v) is 1.19. The molecule has 1 aromatic rings. The molecule has 0 atom stereocenters. The van der Waals surface area contributed by atoms with E-state index in [4.69, 9.17) is 11.6 Å².